The predicted molar refractivity (Wildman–Crippen MR) is 192 cm³/mol. The molecule has 0 unspecified atom stereocenters. The molecule has 0 saturated carbocycles. The van der Waals surface area contributed by atoms with Crippen molar-refractivity contribution in [3.05, 3.63) is 170 Å². The fraction of sp³-hybridized carbons (Fsp3) is 0. The van der Waals surface area contributed by atoms with Gasteiger partial charge in [-0.05, 0) is 57.3 Å². The second kappa shape index (κ2) is 10.8. The molecular formula is C43H28N2O. The number of pyridine rings is 1. The zero-order chi connectivity index (χ0) is 30.5. The highest BCUT2D eigenvalue weighted by atomic mass is 16.3. The lowest BCUT2D eigenvalue weighted by atomic mass is 9.96. The smallest absolute Gasteiger partial charge is 0.143 e. The van der Waals surface area contributed by atoms with Gasteiger partial charge in [0.15, 0.2) is 0 Å². The van der Waals surface area contributed by atoms with E-state index in [9.17, 15) is 0 Å². The van der Waals surface area contributed by atoms with Crippen LogP contribution in [0.2, 0.25) is 0 Å². The summed E-state index contributed by atoms with van der Waals surface area (Å²) in [5.41, 5.74) is 8.52. The molecule has 0 N–H and O–H groups in total. The van der Waals surface area contributed by atoms with Gasteiger partial charge in [0, 0.05) is 39.5 Å². The number of fused-ring (bicyclic) bond motifs is 6. The molecule has 0 atom stereocenters. The summed E-state index contributed by atoms with van der Waals surface area (Å²) < 4.78 is 6.60. The van der Waals surface area contributed by atoms with Gasteiger partial charge in [-0.25, -0.2) is 4.98 Å². The van der Waals surface area contributed by atoms with Crippen LogP contribution in [0.3, 0.4) is 0 Å². The molecule has 2 aromatic heterocycles. The van der Waals surface area contributed by atoms with Crippen LogP contribution in [0.1, 0.15) is 0 Å². The third-order valence-electron chi connectivity index (χ3n) is 8.92. The Morgan fingerprint density at radius 2 is 1.11 bits per heavy atom. The number of hydrogen-bond donors (Lipinski definition) is 0. The first-order valence-electron chi connectivity index (χ1n) is 15.5. The van der Waals surface area contributed by atoms with Gasteiger partial charge in [0.1, 0.15) is 17.0 Å². The summed E-state index contributed by atoms with van der Waals surface area (Å²) in [6.45, 7) is 0. The maximum Gasteiger partial charge on any atom is 0.143 e. The Bertz CT molecular complexity index is 2520. The standard InChI is InChI=1S/C43H28N2O/c1-3-11-29(12-4-1)30-19-22-33(23-20-30)45(40-26-25-34(31-13-5-2-6-14-31)36-17-9-10-18-37(36)40)42-27-41-39(28-44-42)38-24-21-32-15-7-8-16-35(32)43(38)46-41/h1-28H. The van der Waals surface area contributed by atoms with E-state index in [-0.39, 0.29) is 0 Å². The van der Waals surface area contributed by atoms with Crippen LogP contribution in [0.4, 0.5) is 17.2 Å². The summed E-state index contributed by atoms with van der Waals surface area (Å²) in [4.78, 5) is 7.34. The summed E-state index contributed by atoms with van der Waals surface area (Å²) in [6.07, 6.45) is 1.96. The maximum absolute atomic E-state index is 6.60. The number of furan rings is 1. The minimum atomic E-state index is 0.793. The summed E-state index contributed by atoms with van der Waals surface area (Å²) in [7, 11) is 0. The fourth-order valence-corrected chi connectivity index (χ4v) is 6.69. The van der Waals surface area contributed by atoms with Crippen molar-refractivity contribution in [3.8, 4) is 22.3 Å². The molecule has 0 bridgehead atoms. The van der Waals surface area contributed by atoms with Crippen LogP contribution in [-0.2, 0) is 0 Å². The van der Waals surface area contributed by atoms with Crippen molar-refractivity contribution < 1.29 is 4.42 Å². The van der Waals surface area contributed by atoms with Gasteiger partial charge in [-0.1, -0.05) is 133 Å². The van der Waals surface area contributed by atoms with Gasteiger partial charge >= 0.3 is 0 Å². The average molecular weight is 589 g/mol. The molecule has 0 aliphatic carbocycles. The van der Waals surface area contributed by atoms with E-state index in [0.29, 0.717) is 0 Å². The summed E-state index contributed by atoms with van der Waals surface area (Å²) in [6, 6.07) is 57.6. The van der Waals surface area contributed by atoms with Crippen LogP contribution >= 0.6 is 0 Å². The van der Waals surface area contributed by atoms with E-state index >= 15 is 0 Å². The minimum absolute atomic E-state index is 0.793. The van der Waals surface area contributed by atoms with Crippen LogP contribution < -0.4 is 4.90 Å². The zero-order valence-corrected chi connectivity index (χ0v) is 25.0. The quantitative estimate of drug-likeness (QED) is 0.200. The van der Waals surface area contributed by atoms with Gasteiger partial charge in [-0.3, -0.25) is 4.90 Å². The number of benzene rings is 7. The highest BCUT2D eigenvalue weighted by molar-refractivity contribution is 6.15. The highest BCUT2D eigenvalue weighted by Crippen LogP contribution is 2.43. The van der Waals surface area contributed by atoms with Crippen LogP contribution in [0, 0.1) is 0 Å². The third-order valence-corrected chi connectivity index (χ3v) is 8.92. The van der Waals surface area contributed by atoms with Gasteiger partial charge in [0.05, 0.1) is 5.69 Å². The molecule has 0 aliphatic heterocycles. The van der Waals surface area contributed by atoms with Crippen molar-refractivity contribution in [1.82, 2.24) is 4.98 Å². The molecule has 46 heavy (non-hydrogen) atoms. The number of nitrogens with zero attached hydrogens (tertiary/aromatic N) is 2. The normalized spacial score (nSPS) is 11.5. The second-order valence-corrected chi connectivity index (χ2v) is 11.6. The van der Waals surface area contributed by atoms with Crippen molar-refractivity contribution >= 4 is 60.7 Å². The molecule has 9 rings (SSSR count). The van der Waals surface area contributed by atoms with Gasteiger partial charge < -0.3 is 4.42 Å². The molecule has 0 radical (unpaired) electrons. The Kier molecular flexibility index (Phi) is 6.14. The maximum atomic E-state index is 6.60. The van der Waals surface area contributed by atoms with Crippen LogP contribution in [0.15, 0.2) is 174 Å². The Labute approximate surface area is 266 Å². The molecule has 0 amide bonds. The fourth-order valence-electron chi connectivity index (χ4n) is 6.69. The lowest BCUT2D eigenvalue weighted by molar-refractivity contribution is 0.672. The van der Waals surface area contributed by atoms with Crippen molar-refractivity contribution in [3.63, 3.8) is 0 Å². The SMILES string of the molecule is c1ccc(-c2ccc(N(c3cc4oc5c6ccccc6ccc5c4cn3)c3ccc(-c4ccccc4)c4ccccc34)cc2)cc1. The largest absolute Gasteiger partial charge is 0.455 e. The van der Waals surface area contributed by atoms with E-state index in [4.69, 9.17) is 9.40 Å². The molecule has 0 spiro atoms. The Morgan fingerprint density at radius 1 is 0.457 bits per heavy atom. The number of anilines is 3. The van der Waals surface area contributed by atoms with Crippen LogP contribution in [-0.4, -0.2) is 4.98 Å². The lowest BCUT2D eigenvalue weighted by Gasteiger charge is -2.26. The summed E-state index contributed by atoms with van der Waals surface area (Å²) in [5, 5.41) is 6.68. The minimum Gasteiger partial charge on any atom is -0.455 e. The summed E-state index contributed by atoms with van der Waals surface area (Å²) >= 11 is 0. The van der Waals surface area contributed by atoms with Crippen molar-refractivity contribution in [1.29, 1.82) is 0 Å². The Hall–Kier alpha value is -6.19. The first-order chi connectivity index (χ1) is 22.8. The lowest BCUT2D eigenvalue weighted by Crippen LogP contribution is -2.12. The van der Waals surface area contributed by atoms with Gasteiger partial charge in [0.2, 0.25) is 0 Å². The van der Waals surface area contributed by atoms with E-state index in [1.165, 1.54) is 27.6 Å². The molecule has 216 valence electrons. The van der Waals surface area contributed by atoms with E-state index in [1.807, 2.05) is 12.3 Å². The Morgan fingerprint density at radius 3 is 1.89 bits per heavy atom. The first kappa shape index (κ1) is 26.2. The van der Waals surface area contributed by atoms with E-state index in [0.717, 1.165) is 55.3 Å². The number of rotatable bonds is 5. The molecule has 0 aliphatic rings. The topological polar surface area (TPSA) is 29.3 Å². The monoisotopic (exact) mass is 588 g/mol. The summed E-state index contributed by atoms with van der Waals surface area (Å²) in [5.74, 6) is 0.793. The Balaban J connectivity index is 1.26. The molecule has 3 nitrogen and oxygen atoms in total. The molecule has 0 saturated heterocycles. The van der Waals surface area contributed by atoms with Gasteiger partial charge in [-0.15, -0.1) is 0 Å². The molecule has 2 heterocycles. The average Bonchev–Trinajstić information content (AvgIpc) is 3.51. The molecule has 0 fully saturated rings. The van der Waals surface area contributed by atoms with Crippen molar-refractivity contribution in [2.24, 2.45) is 0 Å². The van der Waals surface area contributed by atoms with E-state index < -0.39 is 0 Å². The van der Waals surface area contributed by atoms with Gasteiger partial charge in [0.25, 0.3) is 0 Å². The van der Waals surface area contributed by atoms with Crippen LogP contribution in [0.5, 0.6) is 0 Å². The highest BCUT2D eigenvalue weighted by Gasteiger charge is 2.20. The molecular weight excluding hydrogens is 560 g/mol. The van der Waals surface area contributed by atoms with E-state index in [1.54, 1.807) is 0 Å². The molecule has 3 heteroatoms. The van der Waals surface area contributed by atoms with Crippen LogP contribution in [0.25, 0.3) is 65.7 Å². The number of hydrogen-bond acceptors (Lipinski definition) is 3. The van der Waals surface area contributed by atoms with Crippen molar-refractivity contribution in [2.75, 3.05) is 4.90 Å². The zero-order valence-electron chi connectivity index (χ0n) is 25.0. The predicted octanol–water partition coefficient (Wildman–Crippen LogP) is 12.1. The first-order valence-corrected chi connectivity index (χ1v) is 15.5. The van der Waals surface area contributed by atoms with E-state index in [2.05, 4.69) is 163 Å². The van der Waals surface area contributed by atoms with Gasteiger partial charge in [-0.2, -0.15) is 0 Å². The second-order valence-electron chi connectivity index (χ2n) is 11.6. The molecule has 7 aromatic carbocycles. The number of aromatic nitrogens is 1. The van der Waals surface area contributed by atoms with Crippen molar-refractivity contribution in [2.45, 2.75) is 0 Å². The third kappa shape index (κ3) is 4.33. The molecule has 9 aromatic rings.